The Balaban J connectivity index is 1.98. The van der Waals surface area contributed by atoms with Gasteiger partial charge in [0.2, 0.25) is 0 Å². The van der Waals surface area contributed by atoms with E-state index >= 15 is 0 Å². The average molecular weight is 361 g/mol. The van der Waals surface area contributed by atoms with E-state index in [1.54, 1.807) is 17.2 Å². The Bertz CT molecular complexity index is 701. The third-order valence-corrected chi connectivity index (χ3v) is 4.35. The van der Waals surface area contributed by atoms with E-state index in [2.05, 4.69) is 10.3 Å². The molecule has 0 aliphatic rings. The van der Waals surface area contributed by atoms with Gasteiger partial charge in [-0.25, -0.2) is 14.6 Å². The number of nitrogens with one attached hydrogen (secondary N) is 1. The number of ether oxygens (including phenoxy) is 1. The standard InChI is InChI=1S/C18H23N3O3S/c1-4-24-17(22)15-12-25-16(20-15)11-21(13(2)3)18(23)19-10-14-8-6-5-7-9-14/h5-9,12-13H,4,10-11H2,1-3H3,(H,19,23). The van der Waals surface area contributed by atoms with E-state index in [4.69, 9.17) is 4.74 Å². The van der Waals surface area contributed by atoms with Gasteiger partial charge in [-0.3, -0.25) is 0 Å². The van der Waals surface area contributed by atoms with Gasteiger partial charge in [-0.2, -0.15) is 0 Å². The van der Waals surface area contributed by atoms with Gasteiger partial charge in [-0.1, -0.05) is 30.3 Å². The molecule has 0 spiro atoms. The van der Waals surface area contributed by atoms with Crippen molar-refractivity contribution in [3.63, 3.8) is 0 Å². The maximum absolute atomic E-state index is 12.5. The molecule has 1 heterocycles. The van der Waals surface area contributed by atoms with Crippen LogP contribution in [0, 0.1) is 0 Å². The van der Waals surface area contributed by atoms with E-state index in [1.165, 1.54) is 11.3 Å². The molecular formula is C18H23N3O3S. The van der Waals surface area contributed by atoms with E-state index in [0.717, 1.165) is 5.56 Å². The Kier molecular flexibility index (Phi) is 6.94. The number of thiazole rings is 1. The van der Waals surface area contributed by atoms with Gasteiger partial charge in [0.05, 0.1) is 13.2 Å². The molecule has 0 radical (unpaired) electrons. The first-order valence-corrected chi connectivity index (χ1v) is 9.09. The number of carbonyl (C=O) groups is 2. The second-order valence-electron chi connectivity index (χ2n) is 5.71. The van der Waals surface area contributed by atoms with Crippen LogP contribution >= 0.6 is 11.3 Å². The number of esters is 1. The third-order valence-electron chi connectivity index (χ3n) is 3.51. The van der Waals surface area contributed by atoms with Crippen LogP contribution in [0.15, 0.2) is 35.7 Å². The highest BCUT2D eigenvalue weighted by Crippen LogP contribution is 2.15. The predicted octanol–water partition coefficient (Wildman–Crippen LogP) is 3.44. The van der Waals surface area contributed by atoms with Crippen LogP contribution in [0.4, 0.5) is 4.79 Å². The Morgan fingerprint density at radius 1 is 1.28 bits per heavy atom. The molecule has 25 heavy (non-hydrogen) atoms. The predicted molar refractivity (Wildman–Crippen MR) is 97.4 cm³/mol. The van der Waals surface area contributed by atoms with Crippen LogP contribution in [0.1, 0.15) is 41.8 Å². The molecule has 7 heteroatoms. The van der Waals surface area contributed by atoms with Crippen molar-refractivity contribution >= 4 is 23.3 Å². The lowest BCUT2D eigenvalue weighted by Crippen LogP contribution is -2.43. The Morgan fingerprint density at radius 3 is 2.64 bits per heavy atom. The first-order chi connectivity index (χ1) is 12.0. The molecule has 1 N–H and O–H groups in total. The fourth-order valence-corrected chi connectivity index (χ4v) is 2.95. The smallest absolute Gasteiger partial charge is 0.357 e. The molecule has 0 saturated heterocycles. The molecule has 0 aliphatic carbocycles. The summed E-state index contributed by atoms with van der Waals surface area (Å²) in [6.45, 7) is 6.77. The van der Waals surface area contributed by atoms with Gasteiger partial charge in [-0.15, -0.1) is 11.3 Å². The highest BCUT2D eigenvalue weighted by atomic mass is 32.1. The Morgan fingerprint density at radius 2 is 2.00 bits per heavy atom. The average Bonchev–Trinajstić information content (AvgIpc) is 3.07. The third kappa shape index (κ3) is 5.56. The van der Waals surface area contributed by atoms with E-state index in [0.29, 0.717) is 24.7 Å². The summed E-state index contributed by atoms with van der Waals surface area (Å²) in [7, 11) is 0. The first kappa shape index (κ1) is 18.9. The number of hydrogen-bond donors (Lipinski definition) is 1. The quantitative estimate of drug-likeness (QED) is 0.767. The zero-order chi connectivity index (χ0) is 18.2. The number of rotatable bonds is 7. The van der Waals surface area contributed by atoms with E-state index in [9.17, 15) is 9.59 Å². The summed E-state index contributed by atoms with van der Waals surface area (Å²) >= 11 is 1.35. The molecule has 2 amide bonds. The number of nitrogens with zero attached hydrogens (tertiary/aromatic N) is 2. The van der Waals surface area contributed by atoms with Gasteiger partial charge >= 0.3 is 12.0 Å². The maximum Gasteiger partial charge on any atom is 0.357 e. The molecule has 0 saturated carbocycles. The van der Waals surface area contributed by atoms with Crippen molar-refractivity contribution in [3.8, 4) is 0 Å². The fraction of sp³-hybridized carbons (Fsp3) is 0.389. The van der Waals surface area contributed by atoms with Crippen molar-refractivity contribution in [2.45, 2.75) is 39.9 Å². The molecule has 1 aromatic carbocycles. The van der Waals surface area contributed by atoms with Crippen molar-refractivity contribution < 1.29 is 14.3 Å². The number of amides is 2. The van der Waals surface area contributed by atoms with Gasteiger partial charge in [0, 0.05) is 18.0 Å². The molecule has 2 rings (SSSR count). The van der Waals surface area contributed by atoms with E-state index < -0.39 is 5.97 Å². The molecule has 0 aliphatic heterocycles. The zero-order valence-corrected chi connectivity index (χ0v) is 15.5. The van der Waals surface area contributed by atoms with E-state index in [-0.39, 0.29) is 17.8 Å². The highest BCUT2D eigenvalue weighted by Gasteiger charge is 2.20. The summed E-state index contributed by atoms with van der Waals surface area (Å²) in [5.74, 6) is -0.436. The Hall–Kier alpha value is -2.41. The topological polar surface area (TPSA) is 71.5 Å². The molecular weight excluding hydrogens is 338 g/mol. The van der Waals surface area contributed by atoms with Crippen molar-refractivity contribution in [2.24, 2.45) is 0 Å². The lowest BCUT2D eigenvalue weighted by molar-refractivity contribution is 0.0520. The minimum atomic E-state index is -0.436. The molecule has 0 fully saturated rings. The monoisotopic (exact) mass is 361 g/mol. The summed E-state index contributed by atoms with van der Waals surface area (Å²) in [5.41, 5.74) is 1.33. The molecule has 0 bridgehead atoms. The van der Waals surface area contributed by atoms with Crippen LogP contribution in [0.2, 0.25) is 0 Å². The van der Waals surface area contributed by atoms with Gasteiger partial charge in [0.15, 0.2) is 5.69 Å². The second kappa shape index (κ2) is 9.17. The SMILES string of the molecule is CCOC(=O)c1csc(CN(C(=O)NCc2ccccc2)C(C)C)n1. The van der Waals surface area contributed by atoms with Crippen LogP contribution in [0.25, 0.3) is 0 Å². The normalized spacial score (nSPS) is 10.6. The lowest BCUT2D eigenvalue weighted by atomic mass is 10.2. The van der Waals surface area contributed by atoms with Crippen molar-refractivity contribution in [3.05, 3.63) is 52.0 Å². The molecule has 0 unspecified atom stereocenters. The first-order valence-electron chi connectivity index (χ1n) is 8.21. The summed E-state index contributed by atoms with van der Waals surface area (Å²) < 4.78 is 4.94. The minimum Gasteiger partial charge on any atom is -0.461 e. The van der Waals surface area contributed by atoms with Gasteiger partial charge in [0.25, 0.3) is 0 Å². The largest absolute Gasteiger partial charge is 0.461 e. The van der Waals surface area contributed by atoms with Crippen molar-refractivity contribution in [2.75, 3.05) is 6.61 Å². The molecule has 134 valence electrons. The number of carbonyl (C=O) groups excluding carboxylic acids is 2. The maximum atomic E-state index is 12.5. The zero-order valence-electron chi connectivity index (χ0n) is 14.7. The summed E-state index contributed by atoms with van der Waals surface area (Å²) in [6, 6.07) is 9.59. The highest BCUT2D eigenvalue weighted by molar-refractivity contribution is 7.09. The molecule has 2 aromatic rings. The summed E-state index contributed by atoms with van der Waals surface area (Å²) in [6.07, 6.45) is 0. The number of urea groups is 1. The van der Waals surface area contributed by atoms with Crippen molar-refractivity contribution in [1.29, 1.82) is 0 Å². The van der Waals surface area contributed by atoms with Gasteiger partial charge in [0.1, 0.15) is 5.01 Å². The number of hydrogen-bond acceptors (Lipinski definition) is 5. The molecule has 6 nitrogen and oxygen atoms in total. The number of aromatic nitrogens is 1. The van der Waals surface area contributed by atoms with Crippen molar-refractivity contribution in [1.82, 2.24) is 15.2 Å². The number of benzene rings is 1. The second-order valence-corrected chi connectivity index (χ2v) is 6.66. The Labute approximate surface area is 151 Å². The van der Waals surface area contributed by atoms with Gasteiger partial charge < -0.3 is 15.0 Å². The summed E-state index contributed by atoms with van der Waals surface area (Å²) in [4.78, 5) is 30.2. The van der Waals surface area contributed by atoms with Crippen LogP contribution < -0.4 is 5.32 Å². The van der Waals surface area contributed by atoms with Gasteiger partial charge in [-0.05, 0) is 26.3 Å². The van der Waals surface area contributed by atoms with Crippen LogP contribution in [0.5, 0.6) is 0 Å². The molecule has 0 atom stereocenters. The molecule has 1 aromatic heterocycles. The summed E-state index contributed by atoms with van der Waals surface area (Å²) in [5, 5.41) is 5.28. The lowest BCUT2D eigenvalue weighted by Gasteiger charge is -2.26. The van der Waals surface area contributed by atoms with Crippen LogP contribution in [-0.2, 0) is 17.8 Å². The van der Waals surface area contributed by atoms with Crippen LogP contribution in [0.3, 0.4) is 0 Å². The van der Waals surface area contributed by atoms with Crippen LogP contribution in [-0.4, -0.2) is 34.5 Å². The fourth-order valence-electron chi connectivity index (χ4n) is 2.19. The van der Waals surface area contributed by atoms with E-state index in [1.807, 2.05) is 44.2 Å². The minimum absolute atomic E-state index is 0.00529.